The molecule has 0 N–H and O–H groups in total. The molecule has 0 spiro atoms. The number of benzene rings is 1. The zero-order chi connectivity index (χ0) is 17.5. The van der Waals surface area contributed by atoms with Crippen LogP contribution in [0.5, 0.6) is 0 Å². The molecule has 1 aromatic rings. The Hall–Kier alpha value is -1.39. The van der Waals surface area contributed by atoms with Crippen LogP contribution in [0.2, 0.25) is 17.1 Å². The molecule has 4 heteroatoms. The van der Waals surface area contributed by atoms with Gasteiger partial charge in [-0.25, -0.2) is 4.79 Å². The van der Waals surface area contributed by atoms with Crippen LogP contribution in [0.15, 0.2) is 43.0 Å². The number of esters is 1. The summed E-state index contributed by atoms with van der Waals surface area (Å²) in [6, 6.07) is 10.5. The summed E-state index contributed by atoms with van der Waals surface area (Å²) < 4.78 is 11.9. The number of carbonyl (C=O) groups excluding carboxylic acids is 1. The lowest BCUT2D eigenvalue weighted by molar-refractivity contribution is -0.152. The lowest BCUT2D eigenvalue weighted by Gasteiger charge is -2.40. The van der Waals surface area contributed by atoms with E-state index in [2.05, 4.69) is 34.3 Å². The van der Waals surface area contributed by atoms with Crippen LogP contribution in [0.3, 0.4) is 0 Å². The summed E-state index contributed by atoms with van der Waals surface area (Å²) in [5, 5.41) is 0. The maximum Gasteiger partial charge on any atom is 0.338 e. The van der Waals surface area contributed by atoms with E-state index in [1.165, 1.54) is 0 Å². The molecule has 0 unspecified atom stereocenters. The molecular weight excluding hydrogens is 304 g/mol. The zero-order valence-electron chi connectivity index (χ0n) is 15.0. The number of hydrogen-bond donors (Lipinski definition) is 0. The van der Waals surface area contributed by atoms with Gasteiger partial charge in [0.25, 0.3) is 0 Å². The van der Waals surface area contributed by atoms with Crippen molar-refractivity contribution in [3.8, 4) is 0 Å². The molecule has 0 aliphatic rings. The number of ether oxygens (including phenoxy) is 1. The van der Waals surface area contributed by atoms with E-state index in [4.69, 9.17) is 9.16 Å². The molecule has 0 aliphatic carbocycles. The van der Waals surface area contributed by atoms with Gasteiger partial charge in [-0.1, -0.05) is 64.1 Å². The Labute approximate surface area is 141 Å². The van der Waals surface area contributed by atoms with E-state index in [0.29, 0.717) is 17.7 Å². The summed E-state index contributed by atoms with van der Waals surface area (Å²) in [5.74, 6) is -0.305. The first-order valence-corrected chi connectivity index (χ1v) is 10.7. The second-order valence-electron chi connectivity index (χ2n) is 6.42. The van der Waals surface area contributed by atoms with Gasteiger partial charge in [0.2, 0.25) is 8.32 Å². The van der Waals surface area contributed by atoms with Crippen molar-refractivity contribution in [2.75, 3.05) is 6.61 Å². The summed E-state index contributed by atoms with van der Waals surface area (Å²) in [5.41, 5.74) is 1.61. The standard InChI is InChI=1S/C19H30O3Si/c1-7-14-23(15(3)4,16(5)6)22-18(19(20)21-8-2)17-12-10-9-11-13-17/h7,9-13,15-16,18H,1,8,14H2,2-6H3/t18-/m0/s1. The van der Waals surface area contributed by atoms with E-state index < -0.39 is 14.4 Å². The van der Waals surface area contributed by atoms with E-state index in [9.17, 15) is 4.79 Å². The summed E-state index contributed by atoms with van der Waals surface area (Å²) in [6.07, 6.45) is 1.27. The Morgan fingerprint density at radius 3 is 2.17 bits per heavy atom. The van der Waals surface area contributed by atoms with Crippen LogP contribution in [-0.2, 0) is 14.0 Å². The lowest BCUT2D eigenvalue weighted by atomic mass is 10.1. The van der Waals surface area contributed by atoms with Gasteiger partial charge < -0.3 is 9.16 Å². The van der Waals surface area contributed by atoms with Crippen LogP contribution < -0.4 is 0 Å². The van der Waals surface area contributed by atoms with E-state index in [1.54, 1.807) is 0 Å². The number of allylic oxidation sites excluding steroid dienone is 1. The largest absolute Gasteiger partial charge is 0.464 e. The molecule has 0 heterocycles. The first kappa shape index (κ1) is 19.7. The van der Waals surface area contributed by atoms with Crippen molar-refractivity contribution in [2.45, 2.75) is 57.8 Å². The third kappa shape index (κ3) is 4.79. The van der Waals surface area contributed by atoms with Gasteiger partial charge >= 0.3 is 5.97 Å². The molecule has 1 rings (SSSR count). The first-order chi connectivity index (χ1) is 10.9. The van der Waals surface area contributed by atoms with E-state index in [-0.39, 0.29) is 5.97 Å². The van der Waals surface area contributed by atoms with Gasteiger partial charge in [-0.2, -0.15) is 0 Å². The summed E-state index contributed by atoms with van der Waals surface area (Å²) in [4.78, 5) is 12.5. The molecule has 0 radical (unpaired) electrons. The second kappa shape index (κ2) is 9.04. The van der Waals surface area contributed by atoms with Gasteiger partial charge in [-0.15, -0.1) is 6.58 Å². The van der Waals surface area contributed by atoms with E-state index >= 15 is 0 Å². The molecule has 23 heavy (non-hydrogen) atoms. The van der Waals surface area contributed by atoms with Gasteiger partial charge in [0, 0.05) is 0 Å². The zero-order valence-corrected chi connectivity index (χ0v) is 16.0. The van der Waals surface area contributed by atoms with Crippen molar-refractivity contribution in [3.05, 3.63) is 48.6 Å². The Balaban J connectivity index is 3.24. The topological polar surface area (TPSA) is 35.5 Å². The maximum absolute atomic E-state index is 12.5. The minimum atomic E-state index is -2.21. The molecule has 0 amide bonds. The highest BCUT2D eigenvalue weighted by molar-refractivity contribution is 6.77. The summed E-state index contributed by atoms with van der Waals surface area (Å²) >= 11 is 0. The highest BCUT2D eigenvalue weighted by Gasteiger charge is 2.44. The van der Waals surface area contributed by atoms with Crippen LogP contribution in [0.4, 0.5) is 0 Å². The Kier molecular flexibility index (Phi) is 7.72. The smallest absolute Gasteiger partial charge is 0.338 e. The molecule has 0 fully saturated rings. The van der Waals surface area contributed by atoms with Crippen molar-refractivity contribution in [2.24, 2.45) is 0 Å². The van der Waals surface area contributed by atoms with Crippen molar-refractivity contribution in [1.82, 2.24) is 0 Å². The average Bonchev–Trinajstić information content (AvgIpc) is 2.51. The van der Waals surface area contributed by atoms with Crippen molar-refractivity contribution in [3.63, 3.8) is 0 Å². The third-order valence-corrected chi connectivity index (χ3v) is 9.87. The highest BCUT2D eigenvalue weighted by Crippen LogP contribution is 2.41. The summed E-state index contributed by atoms with van der Waals surface area (Å²) in [6.45, 7) is 14.8. The highest BCUT2D eigenvalue weighted by atomic mass is 28.4. The quantitative estimate of drug-likeness (QED) is 0.351. The third-order valence-electron chi connectivity index (χ3n) is 4.36. The monoisotopic (exact) mass is 334 g/mol. The molecule has 1 aromatic carbocycles. The minimum absolute atomic E-state index is 0.305. The van der Waals surface area contributed by atoms with Crippen molar-refractivity contribution >= 4 is 14.3 Å². The van der Waals surface area contributed by atoms with E-state index in [1.807, 2.05) is 43.3 Å². The SMILES string of the molecule is C=CC[Si](O[C@H](C(=O)OCC)c1ccccc1)(C(C)C)C(C)C. The van der Waals surface area contributed by atoms with E-state index in [0.717, 1.165) is 11.6 Å². The molecule has 128 valence electrons. The van der Waals surface area contributed by atoms with Gasteiger partial charge in [-0.3, -0.25) is 0 Å². The maximum atomic E-state index is 12.5. The molecule has 0 saturated carbocycles. The van der Waals surface area contributed by atoms with Crippen LogP contribution in [0.1, 0.15) is 46.3 Å². The van der Waals surface area contributed by atoms with Gasteiger partial charge in [0.05, 0.1) is 6.61 Å². The molecule has 0 aliphatic heterocycles. The fourth-order valence-electron chi connectivity index (χ4n) is 3.00. The normalized spacial score (nSPS) is 13.2. The fourth-order valence-corrected chi connectivity index (χ4v) is 7.04. The van der Waals surface area contributed by atoms with Crippen LogP contribution in [0, 0.1) is 0 Å². The molecule has 0 bridgehead atoms. The molecule has 3 nitrogen and oxygen atoms in total. The van der Waals surface area contributed by atoms with Crippen LogP contribution >= 0.6 is 0 Å². The predicted octanol–water partition coefficient (Wildman–Crippen LogP) is 5.26. The number of hydrogen-bond acceptors (Lipinski definition) is 3. The summed E-state index contributed by atoms with van der Waals surface area (Å²) in [7, 11) is -2.21. The number of rotatable bonds is 9. The van der Waals surface area contributed by atoms with Gasteiger partial charge in [-0.05, 0) is 29.6 Å². The molecule has 0 aromatic heterocycles. The molecule has 0 saturated heterocycles. The van der Waals surface area contributed by atoms with Gasteiger partial charge in [0.1, 0.15) is 0 Å². The van der Waals surface area contributed by atoms with Crippen LogP contribution in [0.25, 0.3) is 0 Å². The van der Waals surface area contributed by atoms with Crippen molar-refractivity contribution in [1.29, 1.82) is 0 Å². The van der Waals surface area contributed by atoms with Crippen LogP contribution in [-0.4, -0.2) is 20.9 Å². The Bertz CT molecular complexity index is 489. The molecule has 1 atom stereocenters. The molecular formula is C19H30O3Si. The fraction of sp³-hybridized carbons (Fsp3) is 0.526. The van der Waals surface area contributed by atoms with Crippen molar-refractivity contribution < 1.29 is 14.0 Å². The Morgan fingerprint density at radius 1 is 1.17 bits per heavy atom. The second-order valence-corrected chi connectivity index (χ2v) is 11.3. The lowest BCUT2D eigenvalue weighted by Crippen LogP contribution is -2.46. The predicted molar refractivity (Wildman–Crippen MR) is 97.9 cm³/mol. The first-order valence-electron chi connectivity index (χ1n) is 8.39. The number of carbonyl (C=O) groups is 1. The Morgan fingerprint density at radius 2 is 1.74 bits per heavy atom. The minimum Gasteiger partial charge on any atom is -0.464 e. The van der Waals surface area contributed by atoms with Gasteiger partial charge in [0.15, 0.2) is 6.10 Å². The average molecular weight is 335 g/mol.